The SMILES string of the molecule is CCCC1=[C]CC(CCC)=C1. The molecule has 1 aliphatic carbocycles. The van der Waals surface area contributed by atoms with E-state index in [-0.39, 0.29) is 0 Å². The van der Waals surface area contributed by atoms with E-state index < -0.39 is 0 Å². The maximum Gasteiger partial charge on any atom is -0.00582 e. The summed E-state index contributed by atoms with van der Waals surface area (Å²) in [5, 5.41) is 0. The Kier molecular flexibility index (Phi) is 3.41. The lowest BCUT2D eigenvalue weighted by atomic mass is 10.1. The zero-order chi connectivity index (χ0) is 8.10. The van der Waals surface area contributed by atoms with E-state index in [1.165, 1.54) is 31.3 Å². The smallest absolute Gasteiger partial charge is 0.00582 e. The Morgan fingerprint density at radius 1 is 1.27 bits per heavy atom. The molecule has 61 valence electrons. The van der Waals surface area contributed by atoms with Gasteiger partial charge in [0.25, 0.3) is 0 Å². The second-order valence-corrected chi connectivity index (χ2v) is 3.18. The van der Waals surface area contributed by atoms with Gasteiger partial charge >= 0.3 is 0 Å². The van der Waals surface area contributed by atoms with Crippen LogP contribution in [0, 0.1) is 6.08 Å². The van der Waals surface area contributed by atoms with Gasteiger partial charge in [-0.3, -0.25) is 0 Å². The molecule has 1 rings (SSSR count). The van der Waals surface area contributed by atoms with E-state index in [0.717, 1.165) is 6.42 Å². The first kappa shape index (κ1) is 8.58. The molecule has 0 aromatic rings. The van der Waals surface area contributed by atoms with Crippen molar-refractivity contribution in [1.82, 2.24) is 0 Å². The van der Waals surface area contributed by atoms with Crippen molar-refractivity contribution in [3.8, 4) is 0 Å². The molecule has 0 heterocycles. The molecule has 11 heavy (non-hydrogen) atoms. The van der Waals surface area contributed by atoms with Crippen molar-refractivity contribution >= 4 is 0 Å². The molecule has 0 fully saturated rings. The molecule has 0 heteroatoms. The summed E-state index contributed by atoms with van der Waals surface area (Å²) in [5.41, 5.74) is 3.02. The van der Waals surface area contributed by atoms with E-state index in [2.05, 4.69) is 26.0 Å². The van der Waals surface area contributed by atoms with Crippen LogP contribution in [0.25, 0.3) is 0 Å². The maximum atomic E-state index is 3.42. The summed E-state index contributed by atoms with van der Waals surface area (Å²) in [4.78, 5) is 0. The Balaban J connectivity index is 2.36. The average Bonchev–Trinajstić information content (AvgIpc) is 2.38. The average molecular weight is 149 g/mol. The molecule has 0 saturated carbocycles. The van der Waals surface area contributed by atoms with Gasteiger partial charge in [0.1, 0.15) is 0 Å². The van der Waals surface area contributed by atoms with E-state index in [0.29, 0.717) is 0 Å². The van der Waals surface area contributed by atoms with Gasteiger partial charge in [0.2, 0.25) is 0 Å². The highest BCUT2D eigenvalue weighted by Crippen LogP contribution is 2.23. The van der Waals surface area contributed by atoms with Gasteiger partial charge in [0.15, 0.2) is 0 Å². The largest absolute Gasteiger partial charge is 0.0655 e. The van der Waals surface area contributed by atoms with Crippen LogP contribution in [0.2, 0.25) is 0 Å². The summed E-state index contributed by atoms with van der Waals surface area (Å²) in [6, 6.07) is 0. The zero-order valence-electron chi connectivity index (χ0n) is 7.61. The van der Waals surface area contributed by atoms with E-state index in [1.54, 1.807) is 5.57 Å². The fourth-order valence-electron chi connectivity index (χ4n) is 1.49. The van der Waals surface area contributed by atoms with Gasteiger partial charge in [-0.15, -0.1) is 0 Å². The van der Waals surface area contributed by atoms with Gasteiger partial charge in [-0.1, -0.05) is 38.3 Å². The van der Waals surface area contributed by atoms with Crippen LogP contribution in [-0.2, 0) is 0 Å². The van der Waals surface area contributed by atoms with Gasteiger partial charge in [-0.05, 0) is 30.9 Å². The molecule has 0 N–H and O–H groups in total. The van der Waals surface area contributed by atoms with E-state index in [1.807, 2.05) is 0 Å². The molecule has 0 aromatic heterocycles. The summed E-state index contributed by atoms with van der Waals surface area (Å²) in [6.07, 6.45) is 11.9. The van der Waals surface area contributed by atoms with Crippen LogP contribution in [0.3, 0.4) is 0 Å². The van der Waals surface area contributed by atoms with Gasteiger partial charge in [-0.25, -0.2) is 0 Å². The lowest BCUT2D eigenvalue weighted by Gasteiger charge is -1.95. The summed E-state index contributed by atoms with van der Waals surface area (Å²) >= 11 is 0. The number of hydrogen-bond acceptors (Lipinski definition) is 0. The predicted molar refractivity (Wildman–Crippen MR) is 49.3 cm³/mol. The van der Waals surface area contributed by atoms with Crippen LogP contribution in [-0.4, -0.2) is 0 Å². The van der Waals surface area contributed by atoms with Crippen LogP contribution in [0.4, 0.5) is 0 Å². The minimum atomic E-state index is 1.10. The van der Waals surface area contributed by atoms with Crippen molar-refractivity contribution in [1.29, 1.82) is 0 Å². The Bertz CT molecular complexity index is 172. The fourth-order valence-corrected chi connectivity index (χ4v) is 1.49. The third-order valence-electron chi connectivity index (χ3n) is 2.01. The van der Waals surface area contributed by atoms with Crippen molar-refractivity contribution < 1.29 is 0 Å². The van der Waals surface area contributed by atoms with Crippen LogP contribution < -0.4 is 0 Å². The second kappa shape index (κ2) is 4.38. The van der Waals surface area contributed by atoms with E-state index in [9.17, 15) is 0 Å². The molecule has 0 nitrogen and oxygen atoms in total. The standard InChI is InChI=1S/C11H17/c1-3-5-10-7-8-11(9-10)6-4-2/h9H,3-7H2,1-2H3. The molecule has 0 amide bonds. The minimum Gasteiger partial charge on any atom is -0.0655 e. The monoisotopic (exact) mass is 149 g/mol. The Labute approximate surface area is 70.0 Å². The first-order valence-electron chi connectivity index (χ1n) is 4.66. The fraction of sp³-hybridized carbons (Fsp3) is 0.636. The lowest BCUT2D eigenvalue weighted by Crippen LogP contribution is -1.75. The molecule has 0 unspecified atom stereocenters. The van der Waals surface area contributed by atoms with E-state index >= 15 is 0 Å². The molecule has 0 atom stereocenters. The second-order valence-electron chi connectivity index (χ2n) is 3.18. The molecule has 1 radical (unpaired) electrons. The van der Waals surface area contributed by atoms with Crippen LogP contribution in [0.15, 0.2) is 17.2 Å². The highest BCUT2D eigenvalue weighted by atomic mass is 14.1. The van der Waals surface area contributed by atoms with Gasteiger partial charge in [0, 0.05) is 0 Å². The van der Waals surface area contributed by atoms with Crippen molar-refractivity contribution in [3.63, 3.8) is 0 Å². The van der Waals surface area contributed by atoms with Crippen LogP contribution in [0.1, 0.15) is 46.0 Å². The molecule has 0 saturated heterocycles. The highest BCUT2D eigenvalue weighted by molar-refractivity contribution is 5.29. The minimum absolute atomic E-state index is 1.10. The van der Waals surface area contributed by atoms with Gasteiger partial charge < -0.3 is 0 Å². The first-order valence-corrected chi connectivity index (χ1v) is 4.66. The third kappa shape index (κ3) is 2.53. The first-order chi connectivity index (χ1) is 5.36. The van der Waals surface area contributed by atoms with Gasteiger partial charge in [0.05, 0.1) is 0 Å². The Morgan fingerprint density at radius 2 is 2.00 bits per heavy atom. The number of rotatable bonds is 4. The quantitative estimate of drug-likeness (QED) is 0.572. The summed E-state index contributed by atoms with van der Waals surface area (Å²) in [5.74, 6) is 0. The normalized spacial score (nSPS) is 16.5. The maximum absolute atomic E-state index is 3.42. The number of allylic oxidation sites excluding steroid dienone is 4. The van der Waals surface area contributed by atoms with Crippen LogP contribution in [0.5, 0.6) is 0 Å². The topological polar surface area (TPSA) is 0 Å². The molecule has 0 aliphatic heterocycles. The van der Waals surface area contributed by atoms with E-state index in [4.69, 9.17) is 0 Å². The summed E-state index contributed by atoms with van der Waals surface area (Å²) in [7, 11) is 0. The van der Waals surface area contributed by atoms with Crippen molar-refractivity contribution in [3.05, 3.63) is 23.3 Å². The Morgan fingerprint density at radius 3 is 2.64 bits per heavy atom. The zero-order valence-corrected chi connectivity index (χ0v) is 7.61. The Hall–Kier alpha value is -0.520. The molecular weight excluding hydrogens is 132 g/mol. The third-order valence-corrected chi connectivity index (χ3v) is 2.01. The predicted octanol–water partition coefficient (Wildman–Crippen LogP) is 3.65. The van der Waals surface area contributed by atoms with Crippen molar-refractivity contribution in [2.45, 2.75) is 46.0 Å². The van der Waals surface area contributed by atoms with Crippen molar-refractivity contribution in [2.24, 2.45) is 0 Å². The molecule has 0 spiro atoms. The summed E-state index contributed by atoms with van der Waals surface area (Å²) < 4.78 is 0. The molecule has 0 bridgehead atoms. The number of hydrogen-bond donors (Lipinski definition) is 0. The molecule has 1 aliphatic rings. The van der Waals surface area contributed by atoms with Crippen molar-refractivity contribution in [2.75, 3.05) is 0 Å². The van der Waals surface area contributed by atoms with Gasteiger partial charge in [-0.2, -0.15) is 0 Å². The summed E-state index contributed by atoms with van der Waals surface area (Å²) in [6.45, 7) is 4.46. The molecule has 0 aromatic carbocycles. The van der Waals surface area contributed by atoms with Crippen LogP contribution >= 0.6 is 0 Å². The highest BCUT2D eigenvalue weighted by Gasteiger charge is 2.04. The molecular formula is C11H17. The lowest BCUT2D eigenvalue weighted by molar-refractivity contribution is 0.884.